The maximum absolute atomic E-state index is 5.88. The summed E-state index contributed by atoms with van der Waals surface area (Å²) in [6.45, 7) is 4.86. The minimum atomic E-state index is 0.513. The maximum Gasteiger partial charge on any atom is 0.133 e. The Morgan fingerprint density at radius 2 is 2.14 bits per heavy atom. The highest BCUT2D eigenvalue weighted by Crippen LogP contribution is 2.10. The van der Waals surface area contributed by atoms with Crippen molar-refractivity contribution >= 4 is 11.6 Å². The van der Waals surface area contributed by atoms with Gasteiger partial charge in [-0.1, -0.05) is 25.4 Å². The molecule has 3 nitrogen and oxygen atoms in total. The van der Waals surface area contributed by atoms with E-state index in [9.17, 15) is 0 Å². The van der Waals surface area contributed by atoms with Crippen LogP contribution in [0.4, 0.5) is 0 Å². The highest BCUT2D eigenvalue weighted by atomic mass is 35.5. The highest BCUT2D eigenvalue weighted by molar-refractivity contribution is 6.29. The van der Waals surface area contributed by atoms with Crippen LogP contribution in [0.2, 0.25) is 5.15 Å². The van der Waals surface area contributed by atoms with Crippen LogP contribution < -0.4 is 5.73 Å². The monoisotopic (exact) mass is 213 g/mol. The molecule has 1 heterocycles. The van der Waals surface area contributed by atoms with Crippen LogP contribution in [0.3, 0.4) is 0 Å². The van der Waals surface area contributed by atoms with Gasteiger partial charge >= 0.3 is 0 Å². The van der Waals surface area contributed by atoms with E-state index in [0.717, 1.165) is 24.4 Å². The summed E-state index contributed by atoms with van der Waals surface area (Å²) >= 11 is 5.88. The minimum Gasteiger partial charge on any atom is -0.330 e. The molecular formula is C10H16ClN3. The molecule has 1 rings (SSSR count). The lowest BCUT2D eigenvalue weighted by Gasteiger charge is -2.06. The SMILES string of the molecule is CC(C)Cc1nc(Cl)cc(CCN)n1. The average molecular weight is 214 g/mol. The molecule has 78 valence electrons. The first-order chi connectivity index (χ1) is 6.61. The summed E-state index contributed by atoms with van der Waals surface area (Å²) in [4.78, 5) is 8.56. The third kappa shape index (κ3) is 3.60. The van der Waals surface area contributed by atoms with Gasteiger partial charge in [0.2, 0.25) is 0 Å². The Bertz CT molecular complexity index is 299. The number of aromatic nitrogens is 2. The van der Waals surface area contributed by atoms with Crippen molar-refractivity contribution in [3.63, 3.8) is 0 Å². The van der Waals surface area contributed by atoms with Gasteiger partial charge in [0.15, 0.2) is 0 Å². The van der Waals surface area contributed by atoms with E-state index in [-0.39, 0.29) is 0 Å². The summed E-state index contributed by atoms with van der Waals surface area (Å²) in [5, 5.41) is 0.513. The molecule has 0 fully saturated rings. The first kappa shape index (κ1) is 11.4. The van der Waals surface area contributed by atoms with Gasteiger partial charge in [0.1, 0.15) is 11.0 Å². The normalized spacial score (nSPS) is 10.9. The predicted molar refractivity (Wildman–Crippen MR) is 58.3 cm³/mol. The van der Waals surface area contributed by atoms with E-state index >= 15 is 0 Å². The maximum atomic E-state index is 5.88. The van der Waals surface area contributed by atoms with Crippen molar-refractivity contribution in [2.75, 3.05) is 6.54 Å². The number of rotatable bonds is 4. The van der Waals surface area contributed by atoms with E-state index in [1.54, 1.807) is 6.07 Å². The smallest absolute Gasteiger partial charge is 0.133 e. The van der Waals surface area contributed by atoms with Gasteiger partial charge in [0.25, 0.3) is 0 Å². The second-order valence-electron chi connectivity index (χ2n) is 3.73. The Kier molecular flexibility index (Phi) is 4.29. The van der Waals surface area contributed by atoms with Gasteiger partial charge < -0.3 is 5.73 Å². The van der Waals surface area contributed by atoms with Gasteiger partial charge in [0, 0.05) is 18.5 Å². The molecule has 0 radical (unpaired) electrons. The third-order valence-corrected chi connectivity index (χ3v) is 1.98. The van der Waals surface area contributed by atoms with Crippen LogP contribution in [0.15, 0.2) is 6.07 Å². The quantitative estimate of drug-likeness (QED) is 0.777. The standard InChI is InChI=1S/C10H16ClN3/c1-7(2)5-10-13-8(3-4-12)6-9(11)14-10/h6-7H,3-5,12H2,1-2H3. The van der Waals surface area contributed by atoms with Crippen LogP contribution in [0.1, 0.15) is 25.4 Å². The average Bonchev–Trinajstić information content (AvgIpc) is 2.01. The lowest BCUT2D eigenvalue weighted by Crippen LogP contribution is -2.08. The van der Waals surface area contributed by atoms with Crippen molar-refractivity contribution in [1.82, 2.24) is 9.97 Å². The van der Waals surface area contributed by atoms with Crippen LogP contribution >= 0.6 is 11.6 Å². The molecule has 4 heteroatoms. The zero-order valence-electron chi connectivity index (χ0n) is 8.63. The third-order valence-electron chi connectivity index (χ3n) is 1.79. The van der Waals surface area contributed by atoms with Crippen molar-refractivity contribution in [1.29, 1.82) is 0 Å². The fourth-order valence-corrected chi connectivity index (χ4v) is 1.47. The van der Waals surface area contributed by atoms with E-state index in [0.29, 0.717) is 17.6 Å². The van der Waals surface area contributed by atoms with E-state index in [1.165, 1.54) is 0 Å². The Morgan fingerprint density at radius 1 is 1.43 bits per heavy atom. The van der Waals surface area contributed by atoms with E-state index in [4.69, 9.17) is 17.3 Å². The van der Waals surface area contributed by atoms with Gasteiger partial charge in [-0.2, -0.15) is 0 Å². The number of halogens is 1. The van der Waals surface area contributed by atoms with Gasteiger partial charge in [-0.15, -0.1) is 0 Å². The van der Waals surface area contributed by atoms with Crippen molar-refractivity contribution < 1.29 is 0 Å². The highest BCUT2D eigenvalue weighted by Gasteiger charge is 2.04. The van der Waals surface area contributed by atoms with Crippen LogP contribution in [0, 0.1) is 5.92 Å². The second kappa shape index (κ2) is 5.27. The lowest BCUT2D eigenvalue weighted by molar-refractivity contribution is 0.617. The zero-order chi connectivity index (χ0) is 10.6. The Labute approximate surface area is 89.7 Å². The topological polar surface area (TPSA) is 51.8 Å². The largest absolute Gasteiger partial charge is 0.330 e. The van der Waals surface area contributed by atoms with Crippen LogP contribution in [-0.4, -0.2) is 16.5 Å². The molecule has 0 amide bonds. The molecule has 0 unspecified atom stereocenters. The summed E-state index contributed by atoms with van der Waals surface area (Å²) in [5.74, 6) is 1.36. The van der Waals surface area contributed by atoms with Crippen molar-refractivity contribution in [2.45, 2.75) is 26.7 Å². The summed E-state index contributed by atoms with van der Waals surface area (Å²) in [6, 6.07) is 1.78. The van der Waals surface area contributed by atoms with Crippen LogP contribution in [-0.2, 0) is 12.8 Å². The molecule has 0 aliphatic carbocycles. The number of hydrogen-bond donors (Lipinski definition) is 1. The summed E-state index contributed by atoms with van der Waals surface area (Å²) < 4.78 is 0. The molecule has 1 aromatic heterocycles. The van der Waals surface area contributed by atoms with Crippen LogP contribution in [0.25, 0.3) is 0 Å². The summed E-state index contributed by atoms with van der Waals surface area (Å²) in [7, 11) is 0. The fraction of sp³-hybridized carbons (Fsp3) is 0.600. The summed E-state index contributed by atoms with van der Waals surface area (Å²) in [6.07, 6.45) is 1.62. The lowest BCUT2D eigenvalue weighted by atomic mass is 10.1. The molecule has 0 aliphatic heterocycles. The molecule has 0 spiro atoms. The Hall–Kier alpha value is -0.670. The molecule has 0 aliphatic rings. The molecule has 0 atom stereocenters. The van der Waals surface area contributed by atoms with Gasteiger partial charge in [0.05, 0.1) is 0 Å². The Balaban J connectivity index is 2.83. The molecule has 2 N–H and O–H groups in total. The molecule has 0 saturated heterocycles. The van der Waals surface area contributed by atoms with Crippen molar-refractivity contribution in [3.05, 3.63) is 22.7 Å². The zero-order valence-corrected chi connectivity index (χ0v) is 9.38. The molecule has 0 saturated carbocycles. The van der Waals surface area contributed by atoms with E-state index in [1.807, 2.05) is 0 Å². The van der Waals surface area contributed by atoms with Gasteiger partial charge in [-0.3, -0.25) is 0 Å². The first-order valence-electron chi connectivity index (χ1n) is 4.84. The van der Waals surface area contributed by atoms with Gasteiger partial charge in [-0.05, 0) is 18.5 Å². The molecule has 1 aromatic rings. The Morgan fingerprint density at radius 3 is 2.71 bits per heavy atom. The number of nitrogens with two attached hydrogens (primary N) is 1. The molecule has 0 aromatic carbocycles. The molecule has 14 heavy (non-hydrogen) atoms. The second-order valence-corrected chi connectivity index (χ2v) is 4.12. The van der Waals surface area contributed by atoms with E-state index in [2.05, 4.69) is 23.8 Å². The fourth-order valence-electron chi connectivity index (χ4n) is 1.25. The number of nitrogens with zero attached hydrogens (tertiary/aromatic N) is 2. The van der Waals surface area contributed by atoms with E-state index < -0.39 is 0 Å². The number of hydrogen-bond acceptors (Lipinski definition) is 3. The predicted octanol–water partition coefficient (Wildman–Crippen LogP) is 1.83. The molecular weight excluding hydrogens is 198 g/mol. The summed E-state index contributed by atoms with van der Waals surface area (Å²) in [5.41, 5.74) is 6.39. The van der Waals surface area contributed by atoms with Gasteiger partial charge in [-0.25, -0.2) is 9.97 Å². The van der Waals surface area contributed by atoms with Crippen molar-refractivity contribution in [3.8, 4) is 0 Å². The molecule has 0 bridgehead atoms. The first-order valence-corrected chi connectivity index (χ1v) is 5.22. The minimum absolute atomic E-state index is 0.513. The van der Waals surface area contributed by atoms with Crippen LogP contribution in [0.5, 0.6) is 0 Å². The van der Waals surface area contributed by atoms with Crippen molar-refractivity contribution in [2.24, 2.45) is 11.7 Å².